The van der Waals surface area contributed by atoms with E-state index in [1.54, 1.807) is 18.3 Å². The van der Waals surface area contributed by atoms with Crippen LogP contribution in [-0.4, -0.2) is 50.7 Å². The van der Waals surface area contributed by atoms with Crippen molar-refractivity contribution in [2.24, 2.45) is 5.92 Å². The molecule has 2 aromatic rings. The van der Waals surface area contributed by atoms with Gasteiger partial charge >= 0.3 is 0 Å². The predicted octanol–water partition coefficient (Wildman–Crippen LogP) is 2.07. The minimum Gasteiger partial charge on any atom is -0.255 e. The average Bonchev–Trinajstić information content (AvgIpc) is 3.00. The number of sulfonamides is 1. The highest BCUT2D eigenvalue weighted by atomic mass is 32.2. The van der Waals surface area contributed by atoms with E-state index >= 15 is 0 Å². The number of hydrogen-bond acceptors (Lipinski definition) is 5. The SMILES string of the molecule is CCC[C@@H]1CN(S(=O)(=O)c2cccc3cccnc23)CC1S(C)(=O)=O. The fraction of sp³-hybridized carbons (Fsp3) is 0.471. The molecule has 1 aliphatic rings. The minimum absolute atomic E-state index is 0.00898. The van der Waals surface area contributed by atoms with Gasteiger partial charge in [-0.2, -0.15) is 4.31 Å². The van der Waals surface area contributed by atoms with Crippen molar-refractivity contribution in [3.05, 3.63) is 36.5 Å². The van der Waals surface area contributed by atoms with Gasteiger partial charge in [0.05, 0.1) is 10.8 Å². The summed E-state index contributed by atoms with van der Waals surface area (Å²) in [5.74, 6) is -0.169. The molecule has 2 atom stereocenters. The van der Waals surface area contributed by atoms with Crippen molar-refractivity contribution < 1.29 is 16.8 Å². The highest BCUT2D eigenvalue weighted by molar-refractivity contribution is 7.91. The molecule has 0 aliphatic carbocycles. The van der Waals surface area contributed by atoms with Crippen molar-refractivity contribution in [2.75, 3.05) is 19.3 Å². The van der Waals surface area contributed by atoms with E-state index < -0.39 is 25.1 Å². The van der Waals surface area contributed by atoms with Crippen molar-refractivity contribution in [3.8, 4) is 0 Å². The number of pyridine rings is 1. The van der Waals surface area contributed by atoms with Crippen LogP contribution in [0, 0.1) is 5.92 Å². The lowest BCUT2D eigenvalue weighted by Gasteiger charge is -2.17. The van der Waals surface area contributed by atoms with Crippen LogP contribution in [0.3, 0.4) is 0 Å². The van der Waals surface area contributed by atoms with E-state index in [1.807, 2.05) is 19.1 Å². The number of nitrogens with zero attached hydrogens (tertiary/aromatic N) is 2. The summed E-state index contributed by atoms with van der Waals surface area (Å²) in [4.78, 5) is 4.35. The standard InChI is InChI=1S/C17H22N2O4S2/c1-3-6-14-11-19(12-16(14)24(2,20)21)25(22,23)15-9-4-7-13-8-5-10-18-17(13)15/h4-5,7-10,14,16H,3,6,11-12H2,1-2H3/t14-,16?/m1/s1. The third-order valence-corrected chi connectivity index (χ3v) is 8.27. The Hall–Kier alpha value is -1.51. The van der Waals surface area contributed by atoms with Crippen LogP contribution in [-0.2, 0) is 19.9 Å². The van der Waals surface area contributed by atoms with Crippen LogP contribution < -0.4 is 0 Å². The zero-order chi connectivity index (χ0) is 18.2. The van der Waals surface area contributed by atoms with Gasteiger partial charge in [-0.15, -0.1) is 0 Å². The summed E-state index contributed by atoms with van der Waals surface area (Å²) in [5, 5.41) is 0.0951. The fourth-order valence-electron chi connectivity index (χ4n) is 3.56. The molecule has 6 nitrogen and oxygen atoms in total. The first kappa shape index (κ1) is 18.3. The van der Waals surface area contributed by atoms with Crippen molar-refractivity contribution in [3.63, 3.8) is 0 Å². The number of para-hydroxylation sites is 1. The summed E-state index contributed by atoms with van der Waals surface area (Å²) in [7, 11) is -7.12. The number of hydrogen-bond donors (Lipinski definition) is 0. The maximum Gasteiger partial charge on any atom is 0.245 e. The molecule has 0 spiro atoms. The second-order valence-electron chi connectivity index (χ2n) is 6.57. The van der Waals surface area contributed by atoms with Crippen molar-refractivity contribution in [2.45, 2.75) is 29.9 Å². The molecule has 0 saturated carbocycles. The lowest BCUT2D eigenvalue weighted by molar-refractivity contribution is 0.444. The molecule has 1 unspecified atom stereocenters. The number of sulfone groups is 1. The zero-order valence-electron chi connectivity index (χ0n) is 14.3. The topological polar surface area (TPSA) is 84.4 Å². The van der Waals surface area contributed by atoms with Crippen LogP contribution in [0.2, 0.25) is 0 Å². The molecule has 0 amide bonds. The van der Waals surface area contributed by atoms with E-state index in [2.05, 4.69) is 4.98 Å². The van der Waals surface area contributed by atoms with Gasteiger partial charge in [0.15, 0.2) is 9.84 Å². The molecule has 25 heavy (non-hydrogen) atoms. The molecule has 2 heterocycles. The monoisotopic (exact) mass is 382 g/mol. The first-order valence-corrected chi connectivity index (χ1v) is 11.7. The third-order valence-electron chi connectivity index (χ3n) is 4.77. The van der Waals surface area contributed by atoms with Gasteiger partial charge in [-0.05, 0) is 24.5 Å². The normalized spacial score (nSPS) is 22.5. The average molecular weight is 383 g/mol. The van der Waals surface area contributed by atoms with Crippen molar-refractivity contribution in [1.82, 2.24) is 9.29 Å². The van der Waals surface area contributed by atoms with Crippen LogP contribution in [0.1, 0.15) is 19.8 Å². The van der Waals surface area contributed by atoms with Gasteiger partial charge < -0.3 is 0 Å². The number of benzene rings is 1. The summed E-state index contributed by atoms with van der Waals surface area (Å²) >= 11 is 0. The highest BCUT2D eigenvalue weighted by Crippen LogP contribution is 2.32. The quantitative estimate of drug-likeness (QED) is 0.790. The number of aromatic nitrogens is 1. The zero-order valence-corrected chi connectivity index (χ0v) is 15.9. The number of rotatable bonds is 5. The van der Waals surface area contributed by atoms with E-state index in [0.29, 0.717) is 11.9 Å². The van der Waals surface area contributed by atoms with Crippen LogP contribution in [0.15, 0.2) is 41.4 Å². The second kappa shape index (κ2) is 6.66. The van der Waals surface area contributed by atoms with E-state index in [9.17, 15) is 16.8 Å². The maximum atomic E-state index is 13.2. The fourth-order valence-corrected chi connectivity index (χ4v) is 6.71. The Bertz CT molecular complexity index is 981. The molecule has 1 saturated heterocycles. The third kappa shape index (κ3) is 3.43. The molecular formula is C17H22N2O4S2. The molecule has 136 valence electrons. The van der Waals surface area contributed by atoms with Crippen molar-refractivity contribution >= 4 is 30.8 Å². The lowest BCUT2D eigenvalue weighted by atomic mass is 10.0. The molecule has 3 rings (SSSR count). The molecule has 0 bridgehead atoms. The smallest absolute Gasteiger partial charge is 0.245 e. The van der Waals surface area contributed by atoms with Crippen LogP contribution in [0.4, 0.5) is 0 Å². The first-order valence-electron chi connectivity index (χ1n) is 8.28. The van der Waals surface area contributed by atoms with Gasteiger partial charge in [0.1, 0.15) is 4.90 Å². The predicted molar refractivity (Wildman–Crippen MR) is 97.5 cm³/mol. The summed E-state index contributed by atoms with van der Waals surface area (Å²) in [6, 6.07) is 8.60. The Morgan fingerprint density at radius 3 is 2.52 bits per heavy atom. The lowest BCUT2D eigenvalue weighted by Crippen LogP contribution is -2.32. The van der Waals surface area contributed by atoms with Crippen molar-refractivity contribution in [1.29, 1.82) is 0 Å². The van der Waals surface area contributed by atoms with Crippen LogP contribution >= 0.6 is 0 Å². The Morgan fingerprint density at radius 2 is 1.84 bits per heavy atom. The second-order valence-corrected chi connectivity index (χ2v) is 10.7. The van der Waals surface area contributed by atoms with E-state index in [-0.39, 0.29) is 23.9 Å². The highest BCUT2D eigenvalue weighted by Gasteiger charge is 2.43. The van der Waals surface area contributed by atoms with Gasteiger partial charge in [0.2, 0.25) is 10.0 Å². The summed E-state index contributed by atoms with van der Waals surface area (Å²) in [6.07, 6.45) is 4.26. The van der Waals surface area contributed by atoms with Gasteiger partial charge in [-0.3, -0.25) is 4.98 Å². The van der Waals surface area contributed by atoms with E-state index in [0.717, 1.165) is 11.8 Å². The van der Waals surface area contributed by atoms with E-state index in [4.69, 9.17) is 0 Å². The van der Waals surface area contributed by atoms with Gasteiger partial charge in [-0.1, -0.05) is 31.5 Å². The molecular weight excluding hydrogens is 360 g/mol. The van der Waals surface area contributed by atoms with Crippen LogP contribution in [0.25, 0.3) is 10.9 Å². The summed E-state index contributed by atoms with van der Waals surface area (Å²) in [6.45, 7) is 2.22. The summed E-state index contributed by atoms with van der Waals surface area (Å²) < 4.78 is 51.8. The largest absolute Gasteiger partial charge is 0.255 e. The molecule has 8 heteroatoms. The van der Waals surface area contributed by atoms with Gasteiger partial charge in [-0.25, -0.2) is 16.8 Å². The van der Waals surface area contributed by atoms with Gasteiger partial charge in [0, 0.05) is 30.9 Å². The molecule has 1 fully saturated rings. The Balaban J connectivity index is 2.03. The Kier molecular flexibility index (Phi) is 4.87. The molecule has 0 N–H and O–H groups in total. The maximum absolute atomic E-state index is 13.2. The van der Waals surface area contributed by atoms with Crippen LogP contribution in [0.5, 0.6) is 0 Å². The van der Waals surface area contributed by atoms with Gasteiger partial charge in [0.25, 0.3) is 0 Å². The number of fused-ring (bicyclic) bond motifs is 1. The first-order chi connectivity index (χ1) is 11.7. The van der Waals surface area contributed by atoms with E-state index in [1.165, 1.54) is 16.6 Å². The molecule has 1 aliphatic heterocycles. The summed E-state index contributed by atoms with van der Waals surface area (Å²) in [5.41, 5.74) is 0.417. The molecule has 1 aromatic heterocycles. The Labute approximate surface area is 148 Å². The Morgan fingerprint density at radius 1 is 1.12 bits per heavy atom. The molecule has 0 radical (unpaired) electrons. The molecule has 1 aromatic carbocycles. The minimum atomic E-state index is -3.80.